The molecule has 0 atom stereocenters. The average Bonchev–Trinajstić information content (AvgIpc) is 3.00. The van der Waals surface area contributed by atoms with Gasteiger partial charge in [0.05, 0.1) is 35.3 Å². The zero-order valence-electron chi connectivity index (χ0n) is 24.5. The predicted octanol–water partition coefficient (Wildman–Crippen LogP) is 5.03. The molecule has 0 saturated carbocycles. The first-order valence-corrected chi connectivity index (χ1v) is 16.5. The van der Waals surface area contributed by atoms with Crippen LogP contribution in [0.5, 0.6) is 5.75 Å². The van der Waals surface area contributed by atoms with Crippen molar-refractivity contribution in [3.8, 4) is 5.75 Å². The first kappa shape index (κ1) is 30.3. The predicted molar refractivity (Wildman–Crippen MR) is 170 cm³/mol. The molecule has 2 aliphatic rings. The summed E-state index contributed by atoms with van der Waals surface area (Å²) in [5.41, 5.74) is 2.25. The minimum absolute atomic E-state index is 0.0556. The zero-order valence-corrected chi connectivity index (χ0v) is 26.1. The highest BCUT2D eigenvalue weighted by molar-refractivity contribution is 7.91. The lowest BCUT2D eigenvalue weighted by atomic mass is 10.0. The maximum absolute atomic E-state index is 12.8. The van der Waals surface area contributed by atoms with Crippen LogP contribution in [-0.4, -0.2) is 93.4 Å². The first-order valence-electron chi connectivity index (χ1n) is 14.5. The first-order chi connectivity index (χ1) is 20.3. The molecule has 0 amide bonds. The van der Waals surface area contributed by atoms with Crippen molar-refractivity contribution in [1.29, 1.82) is 0 Å². The fraction of sp³-hybridized carbons (Fsp3) is 0.467. The molecule has 0 radical (unpaired) electrons. The maximum atomic E-state index is 12.8. The summed E-state index contributed by atoms with van der Waals surface area (Å²) < 4.78 is 31.4. The van der Waals surface area contributed by atoms with E-state index in [4.69, 9.17) is 16.3 Å². The van der Waals surface area contributed by atoms with Gasteiger partial charge in [-0.15, -0.1) is 0 Å². The Morgan fingerprint density at radius 2 is 1.74 bits per heavy atom. The SMILES string of the molecule is CCCS(=O)(=O)c1ccccc1Nc1nc(Nc2ccc(N3CCC(N4CCN(C)CC4)CC3)cc2OC)ncc1Cl. The molecule has 2 saturated heterocycles. The van der Waals surface area contributed by atoms with Crippen molar-refractivity contribution in [1.82, 2.24) is 19.8 Å². The molecule has 10 nitrogen and oxygen atoms in total. The number of sulfone groups is 1. The number of piperidine rings is 1. The third-order valence-corrected chi connectivity index (χ3v) is 10.3. The van der Waals surface area contributed by atoms with Gasteiger partial charge >= 0.3 is 0 Å². The van der Waals surface area contributed by atoms with Crippen LogP contribution >= 0.6 is 11.6 Å². The molecule has 1 aromatic heterocycles. The zero-order chi connectivity index (χ0) is 29.7. The van der Waals surface area contributed by atoms with E-state index in [0.717, 1.165) is 57.8 Å². The summed E-state index contributed by atoms with van der Waals surface area (Å²) in [6.07, 6.45) is 4.31. The molecule has 42 heavy (non-hydrogen) atoms. The van der Waals surface area contributed by atoms with Crippen LogP contribution in [0.25, 0.3) is 0 Å². The van der Waals surface area contributed by atoms with E-state index in [0.29, 0.717) is 41.4 Å². The summed E-state index contributed by atoms with van der Waals surface area (Å²) in [5, 5.41) is 6.60. The topological polar surface area (TPSA) is 103 Å². The number of hydrogen-bond acceptors (Lipinski definition) is 10. The van der Waals surface area contributed by atoms with E-state index in [1.54, 1.807) is 31.4 Å². The van der Waals surface area contributed by atoms with Gasteiger partial charge in [0, 0.05) is 57.1 Å². The normalized spacial score (nSPS) is 17.3. The third-order valence-electron chi connectivity index (χ3n) is 8.01. The summed E-state index contributed by atoms with van der Waals surface area (Å²) in [4.78, 5) is 16.6. The van der Waals surface area contributed by atoms with Crippen LogP contribution in [-0.2, 0) is 9.84 Å². The molecule has 5 rings (SSSR count). The largest absolute Gasteiger partial charge is 0.494 e. The number of piperazine rings is 1. The monoisotopic (exact) mass is 613 g/mol. The molecule has 3 heterocycles. The number of halogens is 1. The van der Waals surface area contributed by atoms with Gasteiger partial charge in [-0.2, -0.15) is 4.98 Å². The molecule has 226 valence electrons. The van der Waals surface area contributed by atoms with Crippen molar-refractivity contribution in [2.45, 2.75) is 37.1 Å². The van der Waals surface area contributed by atoms with Gasteiger partial charge in [0.15, 0.2) is 15.7 Å². The van der Waals surface area contributed by atoms with E-state index in [9.17, 15) is 8.42 Å². The van der Waals surface area contributed by atoms with E-state index in [2.05, 4.69) is 48.4 Å². The second-order valence-corrected chi connectivity index (χ2v) is 13.4. The van der Waals surface area contributed by atoms with Crippen LogP contribution in [0.4, 0.5) is 28.8 Å². The third kappa shape index (κ3) is 7.08. The summed E-state index contributed by atoms with van der Waals surface area (Å²) in [6, 6.07) is 13.5. The van der Waals surface area contributed by atoms with Crippen LogP contribution in [0, 0.1) is 0 Å². The molecule has 0 spiro atoms. The molecular weight excluding hydrogens is 574 g/mol. The summed E-state index contributed by atoms with van der Waals surface area (Å²) in [7, 11) is 0.389. The van der Waals surface area contributed by atoms with Gasteiger partial charge in [-0.1, -0.05) is 30.7 Å². The molecule has 0 bridgehead atoms. The highest BCUT2D eigenvalue weighted by Crippen LogP contribution is 2.34. The van der Waals surface area contributed by atoms with E-state index in [-0.39, 0.29) is 15.7 Å². The molecular formula is C30H40ClN7O3S. The van der Waals surface area contributed by atoms with Crippen LogP contribution in [0.15, 0.2) is 53.6 Å². The van der Waals surface area contributed by atoms with E-state index in [1.165, 1.54) is 6.20 Å². The van der Waals surface area contributed by atoms with Gasteiger partial charge in [-0.05, 0) is 50.6 Å². The van der Waals surface area contributed by atoms with Gasteiger partial charge in [0.2, 0.25) is 5.95 Å². The summed E-state index contributed by atoms with van der Waals surface area (Å²) in [6.45, 7) is 8.47. The number of benzene rings is 2. The quantitative estimate of drug-likeness (QED) is 0.324. The van der Waals surface area contributed by atoms with Crippen molar-refractivity contribution >= 4 is 50.3 Å². The number of ether oxygens (including phenoxy) is 1. The Morgan fingerprint density at radius 1 is 1.00 bits per heavy atom. The van der Waals surface area contributed by atoms with E-state index < -0.39 is 9.84 Å². The van der Waals surface area contributed by atoms with Crippen molar-refractivity contribution in [3.05, 3.63) is 53.7 Å². The van der Waals surface area contributed by atoms with Gasteiger partial charge < -0.3 is 25.2 Å². The smallest absolute Gasteiger partial charge is 0.229 e. The Morgan fingerprint density at radius 3 is 2.45 bits per heavy atom. The van der Waals surface area contributed by atoms with Crippen LogP contribution < -0.4 is 20.3 Å². The Hall–Kier alpha value is -3.12. The minimum atomic E-state index is -3.46. The molecule has 0 aliphatic carbocycles. The Balaban J connectivity index is 1.28. The molecule has 2 fully saturated rings. The number of para-hydroxylation sites is 1. The van der Waals surface area contributed by atoms with Crippen molar-refractivity contribution in [2.24, 2.45) is 0 Å². The van der Waals surface area contributed by atoms with Gasteiger partial charge in [-0.3, -0.25) is 4.90 Å². The van der Waals surface area contributed by atoms with Crippen LogP contribution in [0.2, 0.25) is 5.02 Å². The molecule has 2 aromatic carbocycles. The fourth-order valence-corrected chi connectivity index (χ4v) is 7.27. The van der Waals surface area contributed by atoms with Gasteiger partial charge in [0.25, 0.3) is 0 Å². The lowest BCUT2D eigenvalue weighted by Gasteiger charge is -2.42. The Kier molecular flexibility index (Phi) is 9.72. The van der Waals surface area contributed by atoms with Crippen LogP contribution in [0.1, 0.15) is 26.2 Å². The van der Waals surface area contributed by atoms with Gasteiger partial charge in [0.1, 0.15) is 10.8 Å². The maximum Gasteiger partial charge on any atom is 0.229 e. The highest BCUT2D eigenvalue weighted by atomic mass is 35.5. The molecule has 2 N–H and O–H groups in total. The molecule has 0 unspecified atom stereocenters. The Bertz CT molecular complexity index is 1470. The second-order valence-electron chi connectivity index (χ2n) is 10.9. The number of rotatable bonds is 10. The van der Waals surface area contributed by atoms with Crippen molar-refractivity contribution < 1.29 is 13.2 Å². The summed E-state index contributed by atoms with van der Waals surface area (Å²) >= 11 is 6.41. The second kappa shape index (κ2) is 13.5. The van der Waals surface area contributed by atoms with Crippen molar-refractivity contribution in [2.75, 3.05) is 74.7 Å². The minimum Gasteiger partial charge on any atom is -0.494 e. The molecule has 3 aromatic rings. The van der Waals surface area contributed by atoms with E-state index in [1.807, 2.05) is 19.1 Å². The van der Waals surface area contributed by atoms with Gasteiger partial charge in [-0.25, -0.2) is 13.4 Å². The highest BCUT2D eigenvalue weighted by Gasteiger charge is 2.27. The van der Waals surface area contributed by atoms with E-state index >= 15 is 0 Å². The number of hydrogen-bond donors (Lipinski definition) is 2. The number of nitrogens with zero attached hydrogens (tertiary/aromatic N) is 5. The number of aromatic nitrogens is 2. The standard InChI is InChI=1S/C30H40ClN7O3S/c1-4-19-42(39,40)28-8-6-5-7-26(28)33-29-24(31)21-32-30(35-29)34-25-10-9-23(20-27(25)41-3)37-13-11-22(12-14-37)38-17-15-36(2)16-18-38/h5-10,20-22H,4,11-19H2,1-3H3,(H2,32,33,34,35). The number of anilines is 5. The van der Waals surface area contributed by atoms with Crippen LogP contribution in [0.3, 0.4) is 0 Å². The average molecular weight is 614 g/mol. The summed E-state index contributed by atoms with van der Waals surface area (Å²) in [5.74, 6) is 1.33. The number of methoxy groups -OCH3 is 1. The van der Waals surface area contributed by atoms with Crippen molar-refractivity contribution in [3.63, 3.8) is 0 Å². The molecule has 12 heteroatoms. The number of likely N-dealkylation sites (N-methyl/N-ethyl adjacent to an activating group) is 1. The fourth-order valence-electron chi connectivity index (χ4n) is 5.64. The number of nitrogens with one attached hydrogen (secondary N) is 2. The Labute approximate surface area is 254 Å². The lowest BCUT2D eigenvalue weighted by Crippen LogP contribution is -2.52. The lowest BCUT2D eigenvalue weighted by molar-refractivity contribution is 0.0982. The molecule has 2 aliphatic heterocycles.